The van der Waals surface area contributed by atoms with E-state index in [9.17, 15) is 13.2 Å². The van der Waals surface area contributed by atoms with Crippen LogP contribution in [0, 0.1) is 11.8 Å². The van der Waals surface area contributed by atoms with Crippen molar-refractivity contribution >= 4 is 28.3 Å². The Bertz CT molecular complexity index is 746. The van der Waals surface area contributed by atoms with E-state index in [1.165, 1.54) is 0 Å². The molecule has 3 N–H and O–H groups in total. The zero-order chi connectivity index (χ0) is 19.4. The van der Waals surface area contributed by atoms with E-state index >= 15 is 0 Å². The maximum absolute atomic E-state index is 12.8. The molecule has 3 rings (SSSR count). The lowest BCUT2D eigenvalue weighted by Crippen LogP contribution is -2.44. The number of hydrogen-bond acceptors (Lipinski definition) is 4. The summed E-state index contributed by atoms with van der Waals surface area (Å²) in [4.78, 5) is 12.8. The first-order chi connectivity index (χ1) is 12.9. The summed E-state index contributed by atoms with van der Waals surface area (Å²) in [6.07, 6.45) is 6.05. The smallest absolute Gasteiger partial charge is 0.251 e. The van der Waals surface area contributed by atoms with Crippen molar-refractivity contribution < 1.29 is 13.2 Å². The van der Waals surface area contributed by atoms with Crippen LogP contribution in [-0.4, -0.2) is 44.3 Å². The Labute approximate surface area is 174 Å². The van der Waals surface area contributed by atoms with Gasteiger partial charge in [0.1, 0.15) is 0 Å². The van der Waals surface area contributed by atoms with Crippen molar-refractivity contribution in [2.45, 2.75) is 56.4 Å². The fourth-order valence-electron chi connectivity index (χ4n) is 4.08. The maximum atomic E-state index is 12.8. The lowest BCUT2D eigenvalue weighted by molar-refractivity contribution is 0.0908. The second-order valence-corrected chi connectivity index (χ2v) is 9.91. The summed E-state index contributed by atoms with van der Waals surface area (Å²) in [5, 5.41) is 3.08. The zero-order valence-corrected chi connectivity index (χ0v) is 18.1. The zero-order valence-electron chi connectivity index (χ0n) is 16.5. The molecule has 2 fully saturated rings. The van der Waals surface area contributed by atoms with Gasteiger partial charge in [0, 0.05) is 24.7 Å². The van der Waals surface area contributed by atoms with Gasteiger partial charge in [0.25, 0.3) is 5.91 Å². The van der Waals surface area contributed by atoms with E-state index in [2.05, 4.69) is 12.2 Å². The van der Waals surface area contributed by atoms with E-state index in [0.717, 1.165) is 38.5 Å². The summed E-state index contributed by atoms with van der Waals surface area (Å²) in [6, 6.07) is 6.41. The van der Waals surface area contributed by atoms with Crippen LogP contribution in [-0.2, 0) is 10.0 Å². The highest BCUT2D eigenvalue weighted by Gasteiger charge is 2.29. The average Bonchev–Trinajstić information content (AvgIpc) is 2.69. The molecule has 0 bridgehead atoms. The van der Waals surface area contributed by atoms with Crippen molar-refractivity contribution in [3.63, 3.8) is 0 Å². The lowest BCUT2D eigenvalue weighted by Gasteiger charge is -2.31. The summed E-state index contributed by atoms with van der Waals surface area (Å²) in [6.45, 7) is 3.86. The van der Waals surface area contributed by atoms with E-state index in [0.29, 0.717) is 37.0 Å². The maximum Gasteiger partial charge on any atom is 0.251 e. The number of carbonyl (C=O) groups is 1. The van der Waals surface area contributed by atoms with Crippen LogP contribution in [0.2, 0.25) is 0 Å². The molecular formula is C20H32ClN3O3S. The summed E-state index contributed by atoms with van der Waals surface area (Å²) < 4.78 is 27.1. The number of piperidine rings is 1. The minimum absolute atomic E-state index is 0. The highest BCUT2D eigenvalue weighted by atomic mass is 35.5. The third-order valence-corrected chi connectivity index (χ3v) is 7.94. The molecule has 1 saturated carbocycles. The van der Waals surface area contributed by atoms with E-state index in [4.69, 9.17) is 5.73 Å². The molecule has 2 aliphatic rings. The summed E-state index contributed by atoms with van der Waals surface area (Å²) >= 11 is 0. The normalized spacial score (nSPS) is 24.4. The largest absolute Gasteiger partial charge is 0.349 e. The first-order valence-corrected chi connectivity index (χ1v) is 11.5. The third kappa shape index (κ3) is 5.26. The Morgan fingerprint density at radius 2 is 1.71 bits per heavy atom. The van der Waals surface area contributed by atoms with Gasteiger partial charge in [-0.25, -0.2) is 8.42 Å². The fourth-order valence-corrected chi connectivity index (χ4v) is 5.55. The van der Waals surface area contributed by atoms with E-state index < -0.39 is 10.0 Å². The molecule has 0 aromatic heterocycles. The molecule has 0 radical (unpaired) electrons. The van der Waals surface area contributed by atoms with Crippen LogP contribution in [0.15, 0.2) is 29.2 Å². The van der Waals surface area contributed by atoms with Gasteiger partial charge in [-0.1, -0.05) is 19.8 Å². The number of hydrogen-bond donors (Lipinski definition) is 2. The highest BCUT2D eigenvalue weighted by molar-refractivity contribution is 7.89. The minimum Gasteiger partial charge on any atom is -0.349 e. The summed E-state index contributed by atoms with van der Waals surface area (Å²) in [7, 11) is -3.48. The second kappa shape index (κ2) is 10.1. The van der Waals surface area contributed by atoms with Crippen LogP contribution in [0.3, 0.4) is 0 Å². The SMILES string of the molecule is CC1CCN(S(=O)(=O)c2ccc(C(=O)NC3CCCCC3CN)cc2)CC1.Cl. The second-order valence-electron chi connectivity index (χ2n) is 7.97. The molecule has 1 heterocycles. The number of rotatable bonds is 5. The van der Waals surface area contributed by atoms with Gasteiger partial charge < -0.3 is 11.1 Å². The van der Waals surface area contributed by atoms with Crippen LogP contribution in [0.25, 0.3) is 0 Å². The molecule has 6 nitrogen and oxygen atoms in total. The molecule has 1 amide bonds. The van der Waals surface area contributed by atoms with E-state index in [1.807, 2.05) is 0 Å². The van der Waals surface area contributed by atoms with Crippen LogP contribution >= 0.6 is 12.4 Å². The Balaban J connectivity index is 0.00000280. The molecule has 0 spiro atoms. The lowest BCUT2D eigenvalue weighted by atomic mass is 9.84. The monoisotopic (exact) mass is 429 g/mol. The van der Waals surface area contributed by atoms with Crippen molar-refractivity contribution in [3.05, 3.63) is 29.8 Å². The Kier molecular flexibility index (Phi) is 8.30. The number of halogens is 1. The molecular weight excluding hydrogens is 398 g/mol. The number of nitrogens with one attached hydrogen (secondary N) is 1. The Morgan fingerprint density at radius 3 is 2.32 bits per heavy atom. The van der Waals surface area contributed by atoms with Crippen LogP contribution in [0.4, 0.5) is 0 Å². The van der Waals surface area contributed by atoms with Gasteiger partial charge in [0.15, 0.2) is 0 Å². The molecule has 1 aliphatic heterocycles. The van der Waals surface area contributed by atoms with E-state index in [-0.39, 0.29) is 29.3 Å². The Morgan fingerprint density at radius 1 is 1.11 bits per heavy atom. The Hall–Kier alpha value is -1.15. The molecule has 2 unspecified atom stereocenters. The van der Waals surface area contributed by atoms with Crippen molar-refractivity contribution in [1.82, 2.24) is 9.62 Å². The number of nitrogens with two attached hydrogens (primary N) is 1. The number of amides is 1. The predicted molar refractivity (Wildman–Crippen MR) is 113 cm³/mol. The van der Waals surface area contributed by atoms with Gasteiger partial charge in [-0.3, -0.25) is 4.79 Å². The van der Waals surface area contributed by atoms with Gasteiger partial charge in [0.05, 0.1) is 4.90 Å². The van der Waals surface area contributed by atoms with Gasteiger partial charge in [-0.2, -0.15) is 4.31 Å². The molecule has 1 aromatic carbocycles. The molecule has 28 heavy (non-hydrogen) atoms. The molecule has 2 atom stereocenters. The predicted octanol–water partition coefficient (Wildman–Crippen LogP) is 2.78. The average molecular weight is 430 g/mol. The quantitative estimate of drug-likeness (QED) is 0.752. The molecule has 1 aliphatic carbocycles. The standard InChI is InChI=1S/C20H31N3O3S.ClH/c1-15-10-12-23(13-11-15)27(25,26)18-8-6-16(7-9-18)20(24)22-19-5-3-2-4-17(19)14-21;/h6-9,15,17,19H,2-5,10-14,21H2,1H3,(H,22,24);1H. The van der Waals surface area contributed by atoms with Gasteiger partial charge >= 0.3 is 0 Å². The summed E-state index contributed by atoms with van der Waals surface area (Å²) in [5.74, 6) is 0.736. The third-order valence-electron chi connectivity index (χ3n) is 6.03. The van der Waals surface area contributed by atoms with Crippen LogP contribution in [0.1, 0.15) is 55.8 Å². The van der Waals surface area contributed by atoms with Crippen LogP contribution in [0.5, 0.6) is 0 Å². The molecule has 158 valence electrons. The van der Waals surface area contributed by atoms with Crippen molar-refractivity contribution in [2.75, 3.05) is 19.6 Å². The number of carbonyl (C=O) groups excluding carboxylic acids is 1. The van der Waals surface area contributed by atoms with Gasteiger partial charge in [-0.05, 0) is 68.3 Å². The molecule has 8 heteroatoms. The minimum atomic E-state index is -3.48. The fraction of sp³-hybridized carbons (Fsp3) is 0.650. The molecule has 1 aromatic rings. The topological polar surface area (TPSA) is 92.5 Å². The number of benzene rings is 1. The first-order valence-electron chi connectivity index (χ1n) is 10.0. The first kappa shape index (κ1) is 23.1. The van der Waals surface area contributed by atoms with Crippen molar-refractivity contribution in [2.24, 2.45) is 17.6 Å². The summed E-state index contributed by atoms with van der Waals surface area (Å²) in [5.41, 5.74) is 6.32. The van der Waals surface area contributed by atoms with Gasteiger partial charge in [0.2, 0.25) is 10.0 Å². The number of sulfonamides is 1. The van der Waals surface area contributed by atoms with Crippen LogP contribution < -0.4 is 11.1 Å². The highest BCUT2D eigenvalue weighted by Crippen LogP contribution is 2.25. The van der Waals surface area contributed by atoms with E-state index in [1.54, 1.807) is 28.6 Å². The van der Waals surface area contributed by atoms with Gasteiger partial charge in [-0.15, -0.1) is 12.4 Å². The van der Waals surface area contributed by atoms with Crippen molar-refractivity contribution in [3.8, 4) is 0 Å². The number of nitrogens with zero attached hydrogens (tertiary/aromatic N) is 1. The van der Waals surface area contributed by atoms with Crippen molar-refractivity contribution in [1.29, 1.82) is 0 Å². The molecule has 1 saturated heterocycles.